The minimum atomic E-state index is -0.128. The normalized spacial score (nSPS) is 11.5. The number of benzene rings is 1. The van der Waals surface area contributed by atoms with E-state index in [-0.39, 0.29) is 12.0 Å². The molecule has 1 aromatic rings. The highest BCUT2D eigenvalue weighted by Gasteiger charge is 2.20. The maximum Gasteiger partial charge on any atom is 0.123 e. The van der Waals surface area contributed by atoms with Crippen LogP contribution in [0.3, 0.4) is 0 Å². The lowest BCUT2D eigenvalue weighted by Gasteiger charge is -2.23. The zero-order valence-electron chi connectivity index (χ0n) is 9.38. The maximum absolute atomic E-state index is 9.25. The van der Waals surface area contributed by atoms with E-state index in [4.69, 9.17) is 4.74 Å². The van der Waals surface area contributed by atoms with E-state index in [2.05, 4.69) is 15.9 Å². The summed E-state index contributed by atoms with van der Waals surface area (Å²) in [5.74, 6) is 0.867. The van der Waals surface area contributed by atoms with Crippen molar-refractivity contribution in [2.45, 2.75) is 20.3 Å². The van der Waals surface area contributed by atoms with Crippen LogP contribution in [-0.4, -0.2) is 18.8 Å². The zero-order chi connectivity index (χ0) is 11.5. The fourth-order valence-corrected chi connectivity index (χ4v) is 1.92. The van der Waals surface area contributed by atoms with Crippen molar-refractivity contribution in [3.63, 3.8) is 0 Å². The Balaban J connectivity index is 3.02. The van der Waals surface area contributed by atoms with E-state index in [0.717, 1.165) is 22.2 Å². The first-order chi connectivity index (χ1) is 7.00. The summed E-state index contributed by atoms with van der Waals surface area (Å²) in [5.41, 5.74) is 0.982. The van der Waals surface area contributed by atoms with E-state index in [1.165, 1.54) is 0 Å². The number of hydrogen-bond donors (Lipinski definition) is 1. The van der Waals surface area contributed by atoms with Crippen molar-refractivity contribution in [2.24, 2.45) is 5.41 Å². The fraction of sp³-hybridized carbons (Fsp3) is 0.500. The van der Waals surface area contributed by atoms with Gasteiger partial charge in [-0.2, -0.15) is 0 Å². The van der Waals surface area contributed by atoms with Crippen LogP contribution < -0.4 is 4.74 Å². The summed E-state index contributed by atoms with van der Waals surface area (Å²) >= 11 is 3.51. The molecule has 0 unspecified atom stereocenters. The molecule has 0 saturated carbocycles. The van der Waals surface area contributed by atoms with E-state index in [0.29, 0.717) is 0 Å². The number of ether oxygens (including phenoxy) is 1. The molecule has 0 radical (unpaired) electrons. The van der Waals surface area contributed by atoms with Gasteiger partial charge in [0.15, 0.2) is 0 Å². The molecule has 0 heterocycles. The van der Waals surface area contributed by atoms with Gasteiger partial charge in [0.2, 0.25) is 0 Å². The minimum absolute atomic E-state index is 0.128. The number of methoxy groups -OCH3 is 1. The first-order valence-electron chi connectivity index (χ1n) is 4.92. The first-order valence-corrected chi connectivity index (χ1v) is 5.72. The van der Waals surface area contributed by atoms with Crippen LogP contribution in [-0.2, 0) is 6.42 Å². The molecule has 3 heteroatoms. The summed E-state index contributed by atoms with van der Waals surface area (Å²) in [4.78, 5) is 0. The van der Waals surface area contributed by atoms with Crippen LogP contribution in [0.5, 0.6) is 5.75 Å². The lowest BCUT2D eigenvalue weighted by molar-refractivity contribution is 0.158. The Morgan fingerprint density at radius 1 is 1.40 bits per heavy atom. The molecule has 0 fully saturated rings. The second-order valence-electron chi connectivity index (χ2n) is 4.42. The Labute approximate surface area is 99.4 Å². The molecule has 0 aliphatic heterocycles. The van der Waals surface area contributed by atoms with Gasteiger partial charge >= 0.3 is 0 Å². The molecule has 0 bridgehead atoms. The largest absolute Gasteiger partial charge is 0.496 e. The van der Waals surface area contributed by atoms with Gasteiger partial charge in [0.1, 0.15) is 5.75 Å². The van der Waals surface area contributed by atoms with Crippen molar-refractivity contribution in [1.82, 2.24) is 0 Å². The second-order valence-corrected chi connectivity index (χ2v) is 5.27. The molecule has 84 valence electrons. The van der Waals surface area contributed by atoms with E-state index < -0.39 is 0 Å². The Kier molecular flexibility index (Phi) is 4.17. The maximum atomic E-state index is 9.25. The van der Waals surface area contributed by atoms with Crippen LogP contribution in [0.15, 0.2) is 22.7 Å². The van der Waals surface area contributed by atoms with Gasteiger partial charge in [-0.15, -0.1) is 0 Å². The van der Waals surface area contributed by atoms with E-state index in [1.807, 2.05) is 32.0 Å². The van der Waals surface area contributed by atoms with Gasteiger partial charge < -0.3 is 9.84 Å². The van der Waals surface area contributed by atoms with Crippen molar-refractivity contribution in [3.8, 4) is 5.75 Å². The van der Waals surface area contributed by atoms with Crippen molar-refractivity contribution < 1.29 is 9.84 Å². The summed E-state index contributed by atoms with van der Waals surface area (Å²) in [6.45, 7) is 4.23. The molecule has 0 atom stereocenters. The molecule has 0 saturated heterocycles. The SMILES string of the molecule is COc1cccc(Br)c1CC(C)(C)CO. The molecule has 1 N–H and O–H groups in total. The summed E-state index contributed by atoms with van der Waals surface area (Å²) in [5, 5.41) is 9.25. The average Bonchev–Trinajstić information content (AvgIpc) is 2.21. The van der Waals surface area contributed by atoms with Crippen molar-refractivity contribution >= 4 is 15.9 Å². The minimum Gasteiger partial charge on any atom is -0.496 e. The lowest BCUT2D eigenvalue weighted by Crippen LogP contribution is -2.20. The van der Waals surface area contributed by atoms with Crippen molar-refractivity contribution in [1.29, 1.82) is 0 Å². The smallest absolute Gasteiger partial charge is 0.123 e. The highest BCUT2D eigenvalue weighted by Crippen LogP contribution is 2.32. The number of hydrogen-bond acceptors (Lipinski definition) is 2. The highest BCUT2D eigenvalue weighted by molar-refractivity contribution is 9.10. The first kappa shape index (κ1) is 12.5. The van der Waals surface area contributed by atoms with Crippen molar-refractivity contribution in [2.75, 3.05) is 13.7 Å². The Bertz CT molecular complexity index is 334. The highest BCUT2D eigenvalue weighted by atomic mass is 79.9. The number of aliphatic hydroxyl groups excluding tert-OH is 1. The molecular formula is C12H17BrO2. The standard InChI is InChI=1S/C12H17BrO2/c1-12(2,8-14)7-9-10(13)5-4-6-11(9)15-3/h4-6,14H,7-8H2,1-3H3. The predicted molar refractivity (Wildman–Crippen MR) is 65.3 cm³/mol. The monoisotopic (exact) mass is 272 g/mol. The molecule has 0 spiro atoms. The van der Waals surface area contributed by atoms with Crippen LogP contribution in [0.2, 0.25) is 0 Å². The molecule has 2 nitrogen and oxygen atoms in total. The fourth-order valence-electron chi connectivity index (χ4n) is 1.44. The molecule has 0 aliphatic carbocycles. The molecule has 0 aliphatic rings. The van der Waals surface area contributed by atoms with Crippen LogP contribution >= 0.6 is 15.9 Å². The van der Waals surface area contributed by atoms with Crippen LogP contribution in [0.4, 0.5) is 0 Å². The van der Waals surface area contributed by atoms with E-state index in [1.54, 1.807) is 7.11 Å². The number of rotatable bonds is 4. The number of aliphatic hydroxyl groups is 1. The van der Waals surface area contributed by atoms with Crippen LogP contribution in [0, 0.1) is 5.41 Å². The van der Waals surface area contributed by atoms with Crippen LogP contribution in [0.1, 0.15) is 19.4 Å². The third kappa shape index (κ3) is 3.21. The van der Waals surface area contributed by atoms with E-state index in [9.17, 15) is 5.11 Å². The predicted octanol–water partition coefficient (Wildman–Crippen LogP) is 3.02. The Hall–Kier alpha value is -0.540. The molecule has 1 rings (SSSR count). The third-order valence-electron chi connectivity index (χ3n) is 2.38. The molecule has 1 aromatic carbocycles. The zero-order valence-corrected chi connectivity index (χ0v) is 11.0. The molecular weight excluding hydrogens is 256 g/mol. The molecule has 15 heavy (non-hydrogen) atoms. The lowest BCUT2D eigenvalue weighted by atomic mass is 9.86. The topological polar surface area (TPSA) is 29.5 Å². The van der Waals surface area contributed by atoms with E-state index >= 15 is 0 Å². The molecule has 0 amide bonds. The average molecular weight is 273 g/mol. The van der Waals surface area contributed by atoms with Gasteiger partial charge in [0.05, 0.1) is 7.11 Å². The summed E-state index contributed by atoms with van der Waals surface area (Å²) in [6.07, 6.45) is 0.786. The Morgan fingerprint density at radius 3 is 2.60 bits per heavy atom. The Morgan fingerprint density at radius 2 is 2.07 bits per heavy atom. The summed E-state index contributed by atoms with van der Waals surface area (Å²) in [6, 6.07) is 5.87. The summed E-state index contributed by atoms with van der Waals surface area (Å²) < 4.78 is 6.34. The van der Waals surface area contributed by atoms with Gasteiger partial charge in [-0.05, 0) is 24.0 Å². The number of halogens is 1. The van der Waals surface area contributed by atoms with Gasteiger partial charge in [-0.1, -0.05) is 35.8 Å². The molecule has 0 aromatic heterocycles. The third-order valence-corrected chi connectivity index (χ3v) is 3.12. The van der Waals surface area contributed by atoms with Crippen molar-refractivity contribution in [3.05, 3.63) is 28.2 Å². The van der Waals surface area contributed by atoms with Gasteiger partial charge in [-0.25, -0.2) is 0 Å². The van der Waals surface area contributed by atoms with Gasteiger partial charge in [0.25, 0.3) is 0 Å². The van der Waals surface area contributed by atoms with Crippen LogP contribution in [0.25, 0.3) is 0 Å². The summed E-state index contributed by atoms with van der Waals surface area (Å²) in [7, 11) is 1.66. The van der Waals surface area contributed by atoms with Gasteiger partial charge in [-0.3, -0.25) is 0 Å². The second kappa shape index (κ2) is 4.99. The quantitative estimate of drug-likeness (QED) is 0.913. The van der Waals surface area contributed by atoms with Gasteiger partial charge in [0, 0.05) is 16.6 Å².